The molecule has 3 nitrogen and oxygen atoms in total. The molecule has 0 spiro atoms. The van der Waals surface area contributed by atoms with Crippen molar-refractivity contribution in [3.05, 3.63) is 36.2 Å². The normalized spacial score (nSPS) is 10.5. The van der Waals surface area contributed by atoms with E-state index >= 15 is 0 Å². The van der Waals surface area contributed by atoms with Gasteiger partial charge in [-0.05, 0) is 38.1 Å². The van der Waals surface area contributed by atoms with Crippen LogP contribution in [0.25, 0.3) is 11.4 Å². The average molecular weight is 201 g/mol. The van der Waals surface area contributed by atoms with Gasteiger partial charge in [-0.2, -0.15) is 0 Å². The Kier molecular flexibility index (Phi) is 2.46. The number of imidazole rings is 1. The van der Waals surface area contributed by atoms with Crippen molar-refractivity contribution in [2.24, 2.45) is 0 Å². The molecular formula is C12H15N3. The highest BCUT2D eigenvalue weighted by Crippen LogP contribution is 2.19. The molecule has 0 atom stereocenters. The van der Waals surface area contributed by atoms with Gasteiger partial charge in [0.25, 0.3) is 0 Å². The van der Waals surface area contributed by atoms with Crippen molar-refractivity contribution in [2.45, 2.75) is 20.4 Å². The van der Waals surface area contributed by atoms with Gasteiger partial charge in [0.1, 0.15) is 5.82 Å². The van der Waals surface area contributed by atoms with Gasteiger partial charge in [0.2, 0.25) is 0 Å². The molecule has 0 radical (unpaired) electrons. The number of aryl methyl sites for hydroxylation is 2. The number of benzene rings is 1. The smallest absolute Gasteiger partial charge is 0.140 e. The molecule has 0 saturated heterocycles. The summed E-state index contributed by atoms with van der Waals surface area (Å²) in [4.78, 5) is 4.50. The van der Waals surface area contributed by atoms with Crippen LogP contribution in [0.2, 0.25) is 0 Å². The third kappa shape index (κ3) is 1.86. The molecule has 2 N–H and O–H groups in total. The number of hydrogen-bond acceptors (Lipinski definition) is 2. The molecular weight excluding hydrogens is 186 g/mol. The van der Waals surface area contributed by atoms with E-state index in [2.05, 4.69) is 22.7 Å². The molecule has 3 heteroatoms. The van der Waals surface area contributed by atoms with Gasteiger partial charge < -0.3 is 10.3 Å². The van der Waals surface area contributed by atoms with E-state index in [-0.39, 0.29) is 0 Å². The second-order valence-electron chi connectivity index (χ2n) is 3.61. The molecule has 2 rings (SSSR count). The molecule has 1 heterocycles. The summed E-state index contributed by atoms with van der Waals surface area (Å²) in [5.41, 5.74) is 8.59. The van der Waals surface area contributed by atoms with Crippen LogP contribution in [0.1, 0.15) is 12.6 Å². The number of nitrogens with two attached hydrogens (primary N) is 1. The molecule has 0 aliphatic heterocycles. The molecule has 1 aromatic carbocycles. The molecule has 0 saturated carbocycles. The number of anilines is 1. The van der Waals surface area contributed by atoms with Crippen molar-refractivity contribution in [1.82, 2.24) is 9.55 Å². The zero-order valence-corrected chi connectivity index (χ0v) is 9.07. The fraction of sp³-hybridized carbons (Fsp3) is 0.250. The fourth-order valence-electron chi connectivity index (χ4n) is 1.65. The second kappa shape index (κ2) is 3.77. The SMILES string of the molecule is CCn1cc(C)nc1-c1ccc(N)cc1. The van der Waals surface area contributed by atoms with Crippen LogP contribution < -0.4 is 5.73 Å². The van der Waals surface area contributed by atoms with Crippen LogP contribution in [-0.2, 0) is 6.54 Å². The Hall–Kier alpha value is -1.77. The minimum Gasteiger partial charge on any atom is -0.399 e. The van der Waals surface area contributed by atoms with Gasteiger partial charge in [-0.15, -0.1) is 0 Å². The molecule has 78 valence electrons. The zero-order chi connectivity index (χ0) is 10.8. The van der Waals surface area contributed by atoms with Crippen LogP contribution in [-0.4, -0.2) is 9.55 Å². The lowest BCUT2D eigenvalue weighted by Crippen LogP contribution is -1.96. The van der Waals surface area contributed by atoms with E-state index in [0.29, 0.717) is 0 Å². The van der Waals surface area contributed by atoms with Crippen LogP contribution in [0, 0.1) is 6.92 Å². The van der Waals surface area contributed by atoms with Crippen LogP contribution >= 0.6 is 0 Å². The summed E-state index contributed by atoms with van der Waals surface area (Å²) in [6.45, 7) is 5.05. The van der Waals surface area contributed by atoms with Crippen LogP contribution in [0.4, 0.5) is 5.69 Å². The summed E-state index contributed by atoms with van der Waals surface area (Å²) < 4.78 is 2.14. The monoisotopic (exact) mass is 201 g/mol. The highest BCUT2D eigenvalue weighted by Gasteiger charge is 2.06. The lowest BCUT2D eigenvalue weighted by Gasteiger charge is -2.04. The van der Waals surface area contributed by atoms with Gasteiger partial charge in [0, 0.05) is 24.0 Å². The topological polar surface area (TPSA) is 43.8 Å². The van der Waals surface area contributed by atoms with E-state index in [9.17, 15) is 0 Å². The fourth-order valence-corrected chi connectivity index (χ4v) is 1.65. The van der Waals surface area contributed by atoms with Crippen molar-refractivity contribution >= 4 is 5.69 Å². The molecule has 2 aromatic rings. The number of aromatic nitrogens is 2. The lowest BCUT2D eigenvalue weighted by molar-refractivity contribution is 0.770. The van der Waals surface area contributed by atoms with Crippen molar-refractivity contribution in [1.29, 1.82) is 0 Å². The molecule has 0 bridgehead atoms. The van der Waals surface area contributed by atoms with Crippen molar-refractivity contribution in [3.63, 3.8) is 0 Å². The van der Waals surface area contributed by atoms with E-state index in [1.54, 1.807) is 0 Å². The largest absolute Gasteiger partial charge is 0.399 e. The summed E-state index contributed by atoms with van der Waals surface area (Å²) in [6.07, 6.45) is 2.06. The van der Waals surface area contributed by atoms with E-state index in [1.165, 1.54) is 0 Å². The summed E-state index contributed by atoms with van der Waals surface area (Å²) >= 11 is 0. The standard InChI is InChI=1S/C12H15N3/c1-3-15-8-9(2)14-12(15)10-4-6-11(13)7-5-10/h4-8H,3,13H2,1-2H3. The van der Waals surface area contributed by atoms with Gasteiger partial charge in [0.05, 0.1) is 5.69 Å². The first-order chi connectivity index (χ1) is 7.20. The maximum atomic E-state index is 5.65. The average Bonchev–Trinajstić information content (AvgIpc) is 2.61. The molecule has 0 fully saturated rings. The third-order valence-corrected chi connectivity index (χ3v) is 2.41. The zero-order valence-electron chi connectivity index (χ0n) is 9.07. The number of rotatable bonds is 2. The van der Waals surface area contributed by atoms with Gasteiger partial charge in [-0.3, -0.25) is 0 Å². The minimum atomic E-state index is 0.782. The van der Waals surface area contributed by atoms with Crippen molar-refractivity contribution in [2.75, 3.05) is 5.73 Å². The highest BCUT2D eigenvalue weighted by atomic mass is 15.1. The van der Waals surface area contributed by atoms with Gasteiger partial charge in [-0.25, -0.2) is 4.98 Å². The molecule has 0 unspecified atom stereocenters. The first kappa shape index (κ1) is 9.77. The Balaban J connectivity index is 2.48. The predicted octanol–water partition coefficient (Wildman–Crippen LogP) is 2.46. The van der Waals surface area contributed by atoms with Crippen molar-refractivity contribution in [3.8, 4) is 11.4 Å². The first-order valence-corrected chi connectivity index (χ1v) is 5.10. The van der Waals surface area contributed by atoms with E-state index in [0.717, 1.165) is 29.3 Å². The number of nitrogen functional groups attached to an aromatic ring is 1. The number of nitrogens with zero attached hydrogens (tertiary/aromatic N) is 2. The maximum absolute atomic E-state index is 5.65. The quantitative estimate of drug-likeness (QED) is 0.758. The molecule has 0 aliphatic carbocycles. The van der Waals surface area contributed by atoms with E-state index < -0.39 is 0 Å². The summed E-state index contributed by atoms with van der Waals surface area (Å²) in [5, 5.41) is 0. The van der Waals surface area contributed by atoms with Crippen LogP contribution in [0.15, 0.2) is 30.5 Å². The number of hydrogen-bond donors (Lipinski definition) is 1. The van der Waals surface area contributed by atoms with E-state index in [4.69, 9.17) is 5.73 Å². The molecule has 0 amide bonds. The van der Waals surface area contributed by atoms with Gasteiger partial charge in [0.15, 0.2) is 0 Å². The van der Waals surface area contributed by atoms with E-state index in [1.807, 2.05) is 31.2 Å². The maximum Gasteiger partial charge on any atom is 0.140 e. The Bertz CT molecular complexity index is 454. The third-order valence-electron chi connectivity index (χ3n) is 2.41. The minimum absolute atomic E-state index is 0.782. The second-order valence-corrected chi connectivity index (χ2v) is 3.61. The Morgan fingerprint density at radius 2 is 1.93 bits per heavy atom. The summed E-state index contributed by atoms with van der Waals surface area (Å²) in [6, 6.07) is 7.81. The van der Waals surface area contributed by atoms with Gasteiger partial charge >= 0.3 is 0 Å². The molecule has 15 heavy (non-hydrogen) atoms. The Labute approximate surface area is 89.6 Å². The molecule has 0 aliphatic rings. The summed E-state index contributed by atoms with van der Waals surface area (Å²) in [7, 11) is 0. The van der Waals surface area contributed by atoms with Crippen molar-refractivity contribution < 1.29 is 0 Å². The highest BCUT2D eigenvalue weighted by molar-refractivity contribution is 5.59. The molecule has 1 aromatic heterocycles. The van der Waals surface area contributed by atoms with Gasteiger partial charge in [-0.1, -0.05) is 0 Å². The Morgan fingerprint density at radius 3 is 2.53 bits per heavy atom. The lowest BCUT2D eigenvalue weighted by atomic mass is 10.2. The summed E-state index contributed by atoms with van der Waals surface area (Å²) in [5.74, 6) is 1.01. The van der Waals surface area contributed by atoms with Crippen LogP contribution in [0.3, 0.4) is 0 Å². The predicted molar refractivity (Wildman–Crippen MR) is 62.5 cm³/mol. The Morgan fingerprint density at radius 1 is 1.27 bits per heavy atom. The first-order valence-electron chi connectivity index (χ1n) is 5.10. The van der Waals surface area contributed by atoms with Crippen LogP contribution in [0.5, 0.6) is 0 Å².